The molecule has 0 saturated heterocycles. The first-order valence-corrected chi connectivity index (χ1v) is 12.7. The molecule has 1 amide bonds. The van der Waals surface area contributed by atoms with Crippen LogP contribution in [0.25, 0.3) is 11.0 Å². The van der Waals surface area contributed by atoms with Gasteiger partial charge in [-0.3, -0.25) is 9.89 Å². The standard InChI is InChI=1S/C22H22N8O4S/c1-35(32,33)21-18-19(24-13-8-9-13)27-22(28-20(18)29-30-21)25-14-5-4-6-15(11-14)34-12-17(31)26-16-7-2-3-10-23-16/h2-7,10-11,13H,8-9,12H2,1H3,(H,23,26,31)(H3,24,25,27,28,29,30). The molecule has 1 saturated carbocycles. The number of benzene rings is 1. The molecule has 13 heteroatoms. The van der Waals surface area contributed by atoms with E-state index < -0.39 is 9.84 Å². The van der Waals surface area contributed by atoms with Crippen LogP contribution in [0.5, 0.6) is 5.75 Å². The van der Waals surface area contributed by atoms with Crippen LogP contribution in [0.15, 0.2) is 53.7 Å². The number of rotatable bonds is 9. The number of carbonyl (C=O) groups excluding carboxylic acids is 1. The average Bonchev–Trinajstić information content (AvgIpc) is 3.52. The van der Waals surface area contributed by atoms with E-state index in [1.54, 1.807) is 48.7 Å². The fourth-order valence-corrected chi connectivity index (χ4v) is 4.09. The summed E-state index contributed by atoms with van der Waals surface area (Å²) < 4.78 is 29.9. The zero-order chi connectivity index (χ0) is 24.4. The van der Waals surface area contributed by atoms with Crippen LogP contribution in [0.4, 0.5) is 23.3 Å². The van der Waals surface area contributed by atoms with E-state index in [0.717, 1.165) is 19.1 Å². The van der Waals surface area contributed by atoms with E-state index in [1.165, 1.54) is 0 Å². The lowest BCUT2D eigenvalue weighted by atomic mass is 10.3. The molecule has 5 rings (SSSR count). The Balaban J connectivity index is 1.32. The fraction of sp³-hybridized carbons (Fsp3) is 0.227. The number of hydrogen-bond acceptors (Lipinski definition) is 10. The number of carbonyl (C=O) groups is 1. The van der Waals surface area contributed by atoms with Gasteiger partial charge in [0, 0.05) is 30.2 Å². The van der Waals surface area contributed by atoms with Crippen LogP contribution in [0.2, 0.25) is 0 Å². The van der Waals surface area contributed by atoms with Crippen molar-refractivity contribution in [2.24, 2.45) is 0 Å². The maximum Gasteiger partial charge on any atom is 0.263 e. The second kappa shape index (κ2) is 9.18. The van der Waals surface area contributed by atoms with Gasteiger partial charge in [-0.1, -0.05) is 12.1 Å². The Hall–Kier alpha value is -4.26. The lowest BCUT2D eigenvalue weighted by molar-refractivity contribution is -0.118. The zero-order valence-electron chi connectivity index (χ0n) is 18.6. The van der Waals surface area contributed by atoms with E-state index >= 15 is 0 Å². The number of pyridine rings is 1. The van der Waals surface area contributed by atoms with Crippen molar-refractivity contribution < 1.29 is 17.9 Å². The molecule has 35 heavy (non-hydrogen) atoms. The molecule has 0 bridgehead atoms. The third-order valence-corrected chi connectivity index (χ3v) is 6.05. The average molecular weight is 495 g/mol. The van der Waals surface area contributed by atoms with Gasteiger partial charge in [0.15, 0.2) is 27.1 Å². The van der Waals surface area contributed by atoms with Crippen molar-refractivity contribution in [3.05, 3.63) is 48.7 Å². The molecule has 0 radical (unpaired) electrons. The van der Waals surface area contributed by atoms with E-state index in [4.69, 9.17) is 4.74 Å². The van der Waals surface area contributed by atoms with E-state index in [2.05, 4.69) is 41.1 Å². The number of aromatic nitrogens is 5. The van der Waals surface area contributed by atoms with Crippen molar-refractivity contribution in [2.45, 2.75) is 23.9 Å². The Morgan fingerprint density at radius 3 is 2.77 bits per heavy atom. The molecule has 3 heterocycles. The van der Waals surface area contributed by atoms with Gasteiger partial charge in [-0.15, -0.1) is 0 Å². The number of aromatic amines is 1. The summed E-state index contributed by atoms with van der Waals surface area (Å²) in [5, 5.41) is 15.9. The Morgan fingerprint density at radius 2 is 2.03 bits per heavy atom. The molecule has 0 aliphatic heterocycles. The van der Waals surface area contributed by atoms with Gasteiger partial charge in [0.05, 0.1) is 0 Å². The zero-order valence-corrected chi connectivity index (χ0v) is 19.5. The summed E-state index contributed by atoms with van der Waals surface area (Å²) in [6.45, 7) is -0.194. The third kappa shape index (κ3) is 5.46. The lowest BCUT2D eigenvalue weighted by Crippen LogP contribution is -2.20. The molecular formula is C22H22N8O4S. The van der Waals surface area contributed by atoms with E-state index in [0.29, 0.717) is 34.1 Å². The molecule has 0 unspecified atom stereocenters. The van der Waals surface area contributed by atoms with Crippen LogP contribution in [0, 0.1) is 0 Å². The fourth-order valence-electron chi connectivity index (χ4n) is 3.31. The smallest absolute Gasteiger partial charge is 0.263 e. The van der Waals surface area contributed by atoms with Crippen molar-refractivity contribution in [1.82, 2.24) is 25.1 Å². The van der Waals surface area contributed by atoms with Crippen molar-refractivity contribution in [2.75, 3.05) is 28.8 Å². The Labute approximate surface area is 200 Å². The Kier molecular flexibility index (Phi) is 5.91. The van der Waals surface area contributed by atoms with Crippen LogP contribution >= 0.6 is 0 Å². The summed E-state index contributed by atoms with van der Waals surface area (Å²) >= 11 is 0. The van der Waals surface area contributed by atoms with Gasteiger partial charge in [0.25, 0.3) is 5.91 Å². The highest BCUT2D eigenvalue weighted by molar-refractivity contribution is 7.90. The molecule has 0 spiro atoms. The first kappa shape index (κ1) is 22.5. The number of amides is 1. The first-order chi connectivity index (χ1) is 16.8. The number of ether oxygens (including phenoxy) is 1. The molecule has 3 aromatic heterocycles. The maximum absolute atomic E-state index is 12.2. The summed E-state index contributed by atoms with van der Waals surface area (Å²) in [4.78, 5) is 25.1. The molecule has 12 nitrogen and oxygen atoms in total. The minimum Gasteiger partial charge on any atom is -0.484 e. The predicted octanol–water partition coefficient (Wildman–Crippen LogP) is 2.49. The van der Waals surface area contributed by atoms with E-state index in [9.17, 15) is 13.2 Å². The van der Waals surface area contributed by atoms with Gasteiger partial charge in [-0.05, 0) is 37.1 Å². The normalized spacial score (nSPS) is 13.4. The highest BCUT2D eigenvalue weighted by atomic mass is 32.2. The van der Waals surface area contributed by atoms with Crippen molar-refractivity contribution in [1.29, 1.82) is 0 Å². The molecule has 4 N–H and O–H groups in total. The van der Waals surface area contributed by atoms with Crippen LogP contribution in [0.1, 0.15) is 12.8 Å². The number of anilines is 4. The number of fused-ring (bicyclic) bond motifs is 1. The number of nitrogens with zero attached hydrogens (tertiary/aromatic N) is 4. The second-order valence-electron chi connectivity index (χ2n) is 8.04. The van der Waals surface area contributed by atoms with Crippen molar-refractivity contribution >= 4 is 50.0 Å². The SMILES string of the molecule is CS(=O)(=O)c1n[nH]c2nc(Nc3cccc(OCC(=O)Nc4ccccn4)c3)nc(NC3CC3)c12. The number of nitrogens with one attached hydrogen (secondary N) is 4. The Bertz CT molecular complexity index is 1490. The number of hydrogen-bond donors (Lipinski definition) is 4. The van der Waals surface area contributed by atoms with Crippen molar-refractivity contribution in [3.8, 4) is 5.75 Å². The molecule has 4 aromatic rings. The summed E-state index contributed by atoms with van der Waals surface area (Å²) in [7, 11) is -3.57. The van der Waals surface area contributed by atoms with Crippen LogP contribution in [0.3, 0.4) is 0 Å². The third-order valence-electron chi connectivity index (χ3n) is 5.05. The topological polar surface area (TPSA) is 164 Å². The highest BCUT2D eigenvalue weighted by Gasteiger charge is 2.27. The highest BCUT2D eigenvalue weighted by Crippen LogP contribution is 2.32. The molecule has 1 fully saturated rings. The molecule has 1 aliphatic rings. The minimum atomic E-state index is -3.57. The largest absolute Gasteiger partial charge is 0.484 e. The summed E-state index contributed by atoms with van der Waals surface area (Å²) in [5.74, 6) is 1.21. The molecular weight excluding hydrogens is 472 g/mol. The van der Waals surface area contributed by atoms with Gasteiger partial charge >= 0.3 is 0 Å². The van der Waals surface area contributed by atoms with Gasteiger partial charge in [0.2, 0.25) is 5.95 Å². The second-order valence-corrected chi connectivity index (χ2v) is 9.97. The van der Waals surface area contributed by atoms with Gasteiger partial charge in [-0.2, -0.15) is 15.1 Å². The molecule has 1 aliphatic carbocycles. The van der Waals surface area contributed by atoms with Gasteiger partial charge in [-0.25, -0.2) is 13.4 Å². The molecule has 180 valence electrons. The van der Waals surface area contributed by atoms with Gasteiger partial charge in [0.1, 0.15) is 22.8 Å². The van der Waals surface area contributed by atoms with Gasteiger partial charge < -0.3 is 20.7 Å². The number of H-pyrrole nitrogens is 1. The maximum atomic E-state index is 12.2. The monoisotopic (exact) mass is 494 g/mol. The van der Waals surface area contributed by atoms with Crippen LogP contribution in [-0.2, 0) is 14.6 Å². The molecule has 0 atom stereocenters. The summed E-state index contributed by atoms with van der Waals surface area (Å²) in [6, 6.07) is 12.4. The summed E-state index contributed by atoms with van der Waals surface area (Å²) in [6.07, 6.45) is 4.64. The minimum absolute atomic E-state index is 0.0958. The van der Waals surface area contributed by atoms with Crippen molar-refractivity contribution in [3.63, 3.8) is 0 Å². The number of sulfone groups is 1. The van der Waals surface area contributed by atoms with E-state index in [-0.39, 0.29) is 29.5 Å². The van der Waals surface area contributed by atoms with E-state index in [1.807, 2.05) is 0 Å². The quantitative estimate of drug-likeness (QED) is 0.272. The first-order valence-electron chi connectivity index (χ1n) is 10.8. The predicted molar refractivity (Wildman–Crippen MR) is 130 cm³/mol. The Morgan fingerprint density at radius 1 is 1.17 bits per heavy atom. The summed E-state index contributed by atoms with van der Waals surface area (Å²) in [5.41, 5.74) is 0.914. The van der Waals surface area contributed by atoms with Crippen LogP contribution in [-0.4, -0.2) is 58.4 Å². The molecule has 1 aromatic carbocycles. The van der Waals surface area contributed by atoms with Crippen LogP contribution < -0.4 is 20.7 Å². The lowest BCUT2D eigenvalue weighted by Gasteiger charge is -2.11.